The van der Waals surface area contributed by atoms with E-state index in [9.17, 15) is 19.2 Å². The summed E-state index contributed by atoms with van der Waals surface area (Å²) in [6.45, 7) is 2.67. The molecule has 1 aliphatic carbocycles. The third-order valence-corrected chi connectivity index (χ3v) is 5.85. The van der Waals surface area contributed by atoms with Crippen LogP contribution in [0.4, 0.5) is 10.5 Å². The van der Waals surface area contributed by atoms with E-state index in [1.54, 1.807) is 25.1 Å². The minimum absolute atomic E-state index is 0.00196. The largest absolute Gasteiger partial charge is 0.454 e. The summed E-state index contributed by atoms with van der Waals surface area (Å²) >= 11 is 5.88. The molecule has 29 heavy (non-hydrogen) atoms. The van der Waals surface area contributed by atoms with Crippen LogP contribution in [0.15, 0.2) is 18.2 Å². The quantitative estimate of drug-likeness (QED) is 0.561. The number of carbonyl (C=O) groups excluding carboxylic acids is 4. The van der Waals surface area contributed by atoms with E-state index < -0.39 is 42.5 Å². The van der Waals surface area contributed by atoms with E-state index in [1.807, 2.05) is 6.92 Å². The lowest BCUT2D eigenvalue weighted by Gasteiger charge is -2.36. The lowest BCUT2D eigenvalue weighted by atomic mass is 9.73. The van der Waals surface area contributed by atoms with Gasteiger partial charge in [0.1, 0.15) is 12.1 Å². The fourth-order valence-electron chi connectivity index (χ4n) is 3.91. The molecular weight excluding hydrogens is 398 g/mol. The van der Waals surface area contributed by atoms with Crippen LogP contribution in [0.25, 0.3) is 0 Å². The first kappa shape index (κ1) is 21.1. The molecular formula is C20H24ClN3O5. The molecule has 1 aromatic rings. The van der Waals surface area contributed by atoms with Crippen LogP contribution in [0.5, 0.6) is 0 Å². The normalized spacial score (nSPS) is 23.8. The van der Waals surface area contributed by atoms with Gasteiger partial charge in [-0.15, -0.1) is 0 Å². The average molecular weight is 422 g/mol. The summed E-state index contributed by atoms with van der Waals surface area (Å²) in [7, 11) is 0. The van der Waals surface area contributed by atoms with Crippen molar-refractivity contribution >= 4 is 41.1 Å². The molecule has 2 atom stereocenters. The molecule has 9 heteroatoms. The summed E-state index contributed by atoms with van der Waals surface area (Å²) in [4.78, 5) is 50.1. The number of benzene rings is 1. The topological polar surface area (TPSA) is 105 Å². The van der Waals surface area contributed by atoms with Crippen molar-refractivity contribution in [2.75, 3.05) is 18.5 Å². The van der Waals surface area contributed by atoms with Crippen molar-refractivity contribution in [2.45, 2.75) is 45.1 Å². The van der Waals surface area contributed by atoms with Gasteiger partial charge in [0, 0.05) is 10.7 Å². The number of nitrogens with one attached hydrogen (secondary N) is 2. The Balaban J connectivity index is 1.53. The van der Waals surface area contributed by atoms with Gasteiger partial charge in [0.05, 0.1) is 0 Å². The Morgan fingerprint density at radius 1 is 1.34 bits per heavy atom. The zero-order chi connectivity index (χ0) is 21.2. The number of ether oxygens (including phenoxy) is 1. The highest BCUT2D eigenvalue weighted by atomic mass is 35.5. The van der Waals surface area contributed by atoms with E-state index in [4.69, 9.17) is 16.3 Å². The Kier molecular flexibility index (Phi) is 6.12. The molecule has 1 aliphatic heterocycles. The van der Waals surface area contributed by atoms with Crippen LogP contribution in [0.1, 0.15) is 38.2 Å². The third kappa shape index (κ3) is 4.37. The van der Waals surface area contributed by atoms with Crippen LogP contribution < -0.4 is 10.6 Å². The average Bonchev–Trinajstić information content (AvgIpc) is 2.90. The summed E-state index contributed by atoms with van der Waals surface area (Å²) in [5.74, 6) is -1.75. The van der Waals surface area contributed by atoms with Gasteiger partial charge in [0.2, 0.25) is 0 Å². The number of imide groups is 1. The van der Waals surface area contributed by atoms with Crippen LogP contribution in [0.3, 0.4) is 0 Å². The maximum atomic E-state index is 12.8. The molecule has 1 saturated heterocycles. The van der Waals surface area contributed by atoms with Gasteiger partial charge in [-0.2, -0.15) is 0 Å². The first-order valence-corrected chi connectivity index (χ1v) is 9.96. The number of urea groups is 1. The standard InChI is InChI=1S/C20H24ClN3O5/c1-12-9-14(21)6-7-15(12)22-16(25)11-29-17(26)10-24-18(27)20(23-19(24)28)8-4-3-5-13(20)2/h6-7,9,13H,3-5,8,10-11H2,1-2H3,(H,22,25)(H,23,28)/t13-,20+/m1/s1. The predicted molar refractivity (Wildman–Crippen MR) is 106 cm³/mol. The van der Waals surface area contributed by atoms with E-state index in [0.717, 1.165) is 29.7 Å². The molecule has 1 spiro atoms. The minimum atomic E-state index is -0.931. The maximum Gasteiger partial charge on any atom is 0.326 e. The van der Waals surface area contributed by atoms with Crippen LogP contribution in [-0.2, 0) is 19.1 Å². The van der Waals surface area contributed by atoms with Crippen LogP contribution in [0.2, 0.25) is 5.02 Å². The molecule has 3 rings (SSSR count). The Bertz CT molecular complexity index is 859. The van der Waals surface area contributed by atoms with E-state index in [2.05, 4.69) is 10.6 Å². The molecule has 2 N–H and O–H groups in total. The number of aryl methyl sites for hydroxylation is 1. The van der Waals surface area contributed by atoms with Gasteiger partial charge in [0.15, 0.2) is 6.61 Å². The number of esters is 1. The maximum absolute atomic E-state index is 12.8. The van der Waals surface area contributed by atoms with Crippen LogP contribution >= 0.6 is 11.6 Å². The molecule has 156 valence electrons. The zero-order valence-corrected chi connectivity index (χ0v) is 17.2. The second-order valence-corrected chi connectivity index (χ2v) is 8.04. The van der Waals surface area contributed by atoms with Gasteiger partial charge in [-0.25, -0.2) is 4.79 Å². The number of hydrogen-bond acceptors (Lipinski definition) is 5. The lowest BCUT2D eigenvalue weighted by molar-refractivity contribution is -0.150. The summed E-state index contributed by atoms with van der Waals surface area (Å²) in [5, 5.41) is 5.94. The number of halogens is 1. The van der Waals surface area contributed by atoms with Crippen molar-refractivity contribution in [2.24, 2.45) is 5.92 Å². The summed E-state index contributed by atoms with van der Waals surface area (Å²) in [6, 6.07) is 4.38. The molecule has 2 fully saturated rings. The number of nitrogens with zero attached hydrogens (tertiary/aromatic N) is 1. The van der Waals surface area contributed by atoms with Crippen molar-refractivity contribution in [3.05, 3.63) is 28.8 Å². The van der Waals surface area contributed by atoms with Gasteiger partial charge < -0.3 is 15.4 Å². The molecule has 4 amide bonds. The smallest absolute Gasteiger partial charge is 0.326 e. The molecule has 1 saturated carbocycles. The van der Waals surface area contributed by atoms with E-state index in [-0.39, 0.29) is 5.92 Å². The number of anilines is 1. The van der Waals surface area contributed by atoms with Crippen molar-refractivity contribution in [1.82, 2.24) is 10.2 Å². The summed E-state index contributed by atoms with van der Waals surface area (Å²) in [5.41, 5.74) is 0.389. The predicted octanol–water partition coefficient (Wildman–Crippen LogP) is 2.63. The second-order valence-electron chi connectivity index (χ2n) is 7.61. The second kappa shape index (κ2) is 8.41. The molecule has 2 aliphatic rings. The number of rotatable bonds is 5. The van der Waals surface area contributed by atoms with Gasteiger partial charge in [0.25, 0.3) is 11.8 Å². The van der Waals surface area contributed by atoms with Gasteiger partial charge in [-0.05, 0) is 49.4 Å². The van der Waals surface area contributed by atoms with Gasteiger partial charge in [-0.3, -0.25) is 19.3 Å². The monoisotopic (exact) mass is 421 g/mol. The van der Waals surface area contributed by atoms with E-state index >= 15 is 0 Å². The number of carbonyl (C=O) groups is 4. The Labute approximate surface area is 173 Å². The van der Waals surface area contributed by atoms with Gasteiger partial charge >= 0.3 is 12.0 Å². The molecule has 0 radical (unpaired) electrons. The minimum Gasteiger partial charge on any atom is -0.454 e. The Hall–Kier alpha value is -2.61. The first-order chi connectivity index (χ1) is 13.7. The molecule has 8 nitrogen and oxygen atoms in total. The SMILES string of the molecule is Cc1cc(Cl)ccc1NC(=O)COC(=O)CN1C(=O)N[C@]2(CCCC[C@H]2C)C1=O. The summed E-state index contributed by atoms with van der Waals surface area (Å²) < 4.78 is 4.95. The Morgan fingerprint density at radius 2 is 2.10 bits per heavy atom. The third-order valence-electron chi connectivity index (χ3n) is 5.62. The van der Waals surface area contributed by atoms with Crippen molar-refractivity contribution < 1.29 is 23.9 Å². The molecule has 1 aromatic carbocycles. The highest BCUT2D eigenvalue weighted by Crippen LogP contribution is 2.38. The lowest BCUT2D eigenvalue weighted by Crippen LogP contribution is -2.54. The van der Waals surface area contributed by atoms with Crippen molar-refractivity contribution in [1.29, 1.82) is 0 Å². The molecule has 0 aromatic heterocycles. The van der Waals surface area contributed by atoms with Crippen LogP contribution in [-0.4, -0.2) is 47.4 Å². The zero-order valence-electron chi connectivity index (χ0n) is 16.4. The van der Waals surface area contributed by atoms with Crippen molar-refractivity contribution in [3.8, 4) is 0 Å². The highest BCUT2D eigenvalue weighted by Gasteiger charge is 2.55. The number of amides is 4. The highest BCUT2D eigenvalue weighted by molar-refractivity contribution is 6.30. The fraction of sp³-hybridized carbons (Fsp3) is 0.500. The summed E-state index contributed by atoms with van der Waals surface area (Å²) in [6.07, 6.45) is 3.26. The van der Waals surface area contributed by atoms with Crippen LogP contribution in [0, 0.1) is 12.8 Å². The first-order valence-electron chi connectivity index (χ1n) is 9.58. The van der Waals surface area contributed by atoms with E-state index in [0.29, 0.717) is 17.1 Å². The number of hydrogen-bond donors (Lipinski definition) is 2. The Morgan fingerprint density at radius 3 is 2.79 bits per heavy atom. The van der Waals surface area contributed by atoms with Gasteiger partial charge in [-0.1, -0.05) is 31.4 Å². The van der Waals surface area contributed by atoms with Crippen molar-refractivity contribution in [3.63, 3.8) is 0 Å². The molecule has 1 heterocycles. The van der Waals surface area contributed by atoms with E-state index in [1.165, 1.54) is 0 Å². The molecule has 0 bridgehead atoms. The molecule has 0 unspecified atom stereocenters. The fourth-order valence-corrected chi connectivity index (χ4v) is 4.14.